The van der Waals surface area contributed by atoms with E-state index in [1.807, 2.05) is 60.7 Å². The van der Waals surface area contributed by atoms with Crippen LogP contribution in [-0.4, -0.2) is 5.97 Å². The Kier molecular flexibility index (Phi) is 3.92. The molecule has 0 bridgehead atoms. The summed E-state index contributed by atoms with van der Waals surface area (Å²) in [6.07, 6.45) is 0.789. The third kappa shape index (κ3) is 2.86. The highest BCUT2D eigenvalue weighted by atomic mass is 16.5. The molecular formula is C16H14O2. The lowest BCUT2D eigenvalue weighted by Crippen LogP contribution is -2.10. The van der Waals surface area contributed by atoms with Crippen LogP contribution in [0.5, 0.6) is 0 Å². The molecule has 0 spiro atoms. The second kappa shape index (κ2) is 5.82. The van der Waals surface area contributed by atoms with E-state index in [-0.39, 0.29) is 0 Å². The standard InChI is InChI=1S/C16H14O2/c1-2-15(17)18-16(13-9-5-3-6-10-13)14-11-7-4-8-12-14/h2-12,16H,1H2. The van der Waals surface area contributed by atoms with Crippen LogP contribution in [0.2, 0.25) is 0 Å². The number of carbonyl (C=O) groups excluding carboxylic acids is 1. The molecule has 0 heterocycles. The van der Waals surface area contributed by atoms with Gasteiger partial charge in [-0.1, -0.05) is 67.2 Å². The van der Waals surface area contributed by atoms with Gasteiger partial charge in [-0.3, -0.25) is 0 Å². The van der Waals surface area contributed by atoms with E-state index >= 15 is 0 Å². The van der Waals surface area contributed by atoms with Gasteiger partial charge in [0.1, 0.15) is 0 Å². The highest BCUT2D eigenvalue weighted by Crippen LogP contribution is 2.25. The number of ether oxygens (including phenoxy) is 1. The van der Waals surface area contributed by atoms with Crippen molar-refractivity contribution in [2.24, 2.45) is 0 Å². The summed E-state index contributed by atoms with van der Waals surface area (Å²) in [6, 6.07) is 19.3. The van der Waals surface area contributed by atoms with Gasteiger partial charge in [0.05, 0.1) is 0 Å². The number of rotatable bonds is 4. The van der Waals surface area contributed by atoms with E-state index < -0.39 is 12.1 Å². The lowest BCUT2D eigenvalue weighted by atomic mass is 10.0. The van der Waals surface area contributed by atoms with Crippen LogP contribution in [0.15, 0.2) is 73.3 Å². The number of esters is 1. The Labute approximate surface area is 107 Å². The molecule has 18 heavy (non-hydrogen) atoms. The molecule has 2 rings (SSSR count). The molecule has 0 saturated heterocycles. The Morgan fingerprint density at radius 3 is 1.78 bits per heavy atom. The molecule has 0 unspecified atom stereocenters. The first-order valence-electron chi connectivity index (χ1n) is 5.74. The molecule has 0 amide bonds. The van der Waals surface area contributed by atoms with Crippen molar-refractivity contribution in [3.8, 4) is 0 Å². The first kappa shape index (κ1) is 12.1. The molecule has 2 heteroatoms. The average Bonchev–Trinajstić information content (AvgIpc) is 2.46. The van der Waals surface area contributed by atoms with Crippen molar-refractivity contribution in [1.82, 2.24) is 0 Å². The summed E-state index contributed by atoms with van der Waals surface area (Å²) in [5.41, 5.74) is 1.89. The third-order valence-electron chi connectivity index (χ3n) is 2.61. The summed E-state index contributed by atoms with van der Waals surface area (Å²) in [6.45, 7) is 3.43. The Hall–Kier alpha value is -2.35. The lowest BCUT2D eigenvalue weighted by Gasteiger charge is -2.17. The van der Waals surface area contributed by atoms with Crippen molar-refractivity contribution in [2.75, 3.05) is 0 Å². The van der Waals surface area contributed by atoms with Gasteiger partial charge in [0.25, 0.3) is 0 Å². The van der Waals surface area contributed by atoms with Crippen LogP contribution in [0.25, 0.3) is 0 Å². The van der Waals surface area contributed by atoms with Crippen molar-refractivity contribution in [2.45, 2.75) is 6.10 Å². The summed E-state index contributed by atoms with van der Waals surface area (Å²) in [5, 5.41) is 0. The Bertz CT molecular complexity index is 478. The fourth-order valence-electron chi connectivity index (χ4n) is 1.75. The van der Waals surface area contributed by atoms with Crippen molar-refractivity contribution in [1.29, 1.82) is 0 Å². The molecule has 0 aliphatic heterocycles. The number of hydrogen-bond acceptors (Lipinski definition) is 2. The van der Waals surface area contributed by atoms with Gasteiger partial charge in [0, 0.05) is 6.08 Å². The topological polar surface area (TPSA) is 26.3 Å². The first-order chi connectivity index (χ1) is 8.81. The monoisotopic (exact) mass is 238 g/mol. The van der Waals surface area contributed by atoms with Gasteiger partial charge >= 0.3 is 5.97 Å². The van der Waals surface area contributed by atoms with E-state index in [1.54, 1.807) is 0 Å². The molecule has 0 aliphatic carbocycles. The molecule has 2 aromatic carbocycles. The fourth-order valence-corrected chi connectivity index (χ4v) is 1.75. The molecule has 2 aromatic rings. The maximum Gasteiger partial charge on any atom is 0.331 e. The van der Waals surface area contributed by atoms with Crippen molar-refractivity contribution >= 4 is 5.97 Å². The van der Waals surface area contributed by atoms with E-state index in [4.69, 9.17) is 4.74 Å². The van der Waals surface area contributed by atoms with Crippen LogP contribution in [0.3, 0.4) is 0 Å². The minimum atomic E-state index is -0.423. The molecule has 0 aromatic heterocycles. The van der Waals surface area contributed by atoms with Crippen LogP contribution in [0, 0.1) is 0 Å². The van der Waals surface area contributed by atoms with Gasteiger partial charge in [-0.05, 0) is 11.1 Å². The predicted octanol–water partition coefficient (Wildman–Crippen LogP) is 3.51. The zero-order valence-corrected chi connectivity index (χ0v) is 9.95. The quantitative estimate of drug-likeness (QED) is 0.602. The minimum absolute atomic E-state index is 0.391. The predicted molar refractivity (Wildman–Crippen MR) is 71.0 cm³/mol. The summed E-state index contributed by atoms with van der Waals surface area (Å²) in [7, 11) is 0. The molecule has 0 aliphatic rings. The highest BCUT2D eigenvalue weighted by molar-refractivity contribution is 5.81. The van der Waals surface area contributed by atoms with Crippen LogP contribution in [0.4, 0.5) is 0 Å². The van der Waals surface area contributed by atoms with Gasteiger partial charge in [-0.25, -0.2) is 4.79 Å². The van der Waals surface area contributed by atoms with Crippen molar-refractivity contribution in [3.05, 3.63) is 84.4 Å². The molecule has 0 atom stereocenters. The van der Waals surface area contributed by atoms with E-state index in [1.165, 1.54) is 6.08 Å². The summed E-state index contributed by atoms with van der Waals surface area (Å²) in [5.74, 6) is -0.423. The van der Waals surface area contributed by atoms with Gasteiger partial charge < -0.3 is 4.74 Å². The molecule has 0 radical (unpaired) electrons. The molecular weight excluding hydrogens is 224 g/mol. The smallest absolute Gasteiger partial charge is 0.331 e. The van der Waals surface area contributed by atoms with E-state index in [9.17, 15) is 4.79 Å². The van der Waals surface area contributed by atoms with Crippen LogP contribution in [-0.2, 0) is 9.53 Å². The zero-order chi connectivity index (χ0) is 12.8. The SMILES string of the molecule is C=CC(=O)OC(c1ccccc1)c1ccccc1. The first-order valence-corrected chi connectivity index (χ1v) is 5.74. The normalized spacial score (nSPS) is 10.1. The average molecular weight is 238 g/mol. The number of benzene rings is 2. The van der Waals surface area contributed by atoms with Crippen LogP contribution >= 0.6 is 0 Å². The van der Waals surface area contributed by atoms with E-state index in [2.05, 4.69) is 6.58 Å². The molecule has 0 fully saturated rings. The molecule has 90 valence electrons. The van der Waals surface area contributed by atoms with Crippen molar-refractivity contribution in [3.63, 3.8) is 0 Å². The Balaban J connectivity index is 2.35. The molecule has 0 saturated carbocycles. The van der Waals surface area contributed by atoms with Gasteiger partial charge in [0.15, 0.2) is 6.10 Å². The lowest BCUT2D eigenvalue weighted by molar-refractivity contribution is -0.141. The number of hydrogen-bond donors (Lipinski definition) is 0. The largest absolute Gasteiger partial charge is 0.449 e. The van der Waals surface area contributed by atoms with Gasteiger partial charge in [0.2, 0.25) is 0 Å². The van der Waals surface area contributed by atoms with E-state index in [0.29, 0.717) is 0 Å². The van der Waals surface area contributed by atoms with Crippen molar-refractivity contribution < 1.29 is 9.53 Å². The maximum absolute atomic E-state index is 11.4. The van der Waals surface area contributed by atoms with Crippen LogP contribution < -0.4 is 0 Å². The number of carbonyl (C=O) groups is 1. The second-order valence-electron chi connectivity index (χ2n) is 3.84. The Morgan fingerprint density at radius 1 is 0.944 bits per heavy atom. The summed E-state index contributed by atoms with van der Waals surface area (Å²) in [4.78, 5) is 11.4. The molecule has 0 N–H and O–H groups in total. The summed E-state index contributed by atoms with van der Waals surface area (Å²) < 4.78 is 5.41. The van der Waals surface area contributed by atoms with Crippen LogP contribution in [0.1, 0.15) is 17.2 Å². The molecule has 2 nitrogen and oxygen atoms in total. The Morgan fingerprint density at radius 2 is 1.39 bits per heavy atom. The van der Waals surface area contributed by atoms with Gasteiger partial charge in [-0.15, -0.1) is 0 Å². The zero-order valence-electron chi connectivity index (χ0n) is 9.95. The van der Waals surface area contributed by atoms with E-state index in [0.717, 1.165) is 11.1 Å². The third-order valence-corrected chi connectivity index (χ3v) is 2.61. The maximum atomic E-state index is 11.4. The fraction of sp³-hybridized carbons (Fsp3) is 0.0625. The minimum Gasteiger partial charge on any atom is -0.449 e. The highest BCUT2D eigenvalue weighted by Gasteiger charge is 2.16. The van der Waals surface area contributed by atoms with Gasteiger partial charge in [-0.2, -0.15) is 0 Å². The second-order valence-corrected chi connectivity index (χ2v) is 3.84. The summed E-state index contributed by atoms with van der Waals surface area (Å²) >= 11 is 0.